The van der Waals surface area contributed by atoms with Gasteiger partial charge in [0.1, 0.15) is 11.4 Å². The molecule has 1 aliphatic carbocycles. The number of amides is 1. The van der Waals surface area contributed by atoms with Gasteiger partial charge in [-0.3, -0.25) is 0 Å². The number of carbonyl (C=O) groups is 1. The number of benzene rings is 1. The third-order valence-electron chi connectivity index (χ3n) is 5.01. The molecule has 168 valence electrons. The zero-order chi connectivity index (χ0) is 22.4. The molecule has 0 bridgehead atoms. The fourth-order valence-corrected chi connectivity index (χ4v) is 5.15. The number of nitrogens with one attached hydrogen (secondary N) is 1. The van der Waals surface area contributed by atoms with E-state index in [9.17, 15) is 26.4 Å². The molecule has 1 aliphatic heterocycles. The number of sulfonamides is 1. The number of rotatable bonds is 5. The Kier molecular flexibility index (Phi) is 5.74. The lowest BCUT2D eigenvalue weighted by molar-refractivity contribution is -0.274. The molecular weight excluding hydrogens is 425 g/mol. The van der Waals surface area contributed by atoms with Gasteiger partial charge in [0.25, 0.3) is 0 Å². The molecule has 30 heavy (non-hydrogen) atoms. The topological polar surface area (TPSA) is 84.9 Å². The first kappa shape index (κ1) is 22.7. The van der Waals surface area contributed by atoms with Crippen molar-refractivity contribution in [1.29, 1.82) is 0 Å². The molecule has 0 unspecified atom stereocenters. The number of alkyl halides is 3. The summed E-state index contributed by atoms with van der Waals surface area (Å²) >= 11 is 0. The van der Waals surface area contributed by atoms with Gasteiger partial charge in [-0.1, -0.05) is 0 Å². The summed E-state index contributed by atoms with van der Waals surface area (Å²) in [6.45, 7) is 5.76. The number of likely N-dealkylation sites (tertiary alicyclic amines) is 1. The standard InChI is InChI=1S/C19H25F3N2O5S/c1-17(2,3)29-16(25)24-12-4-5-15(24)18(10-11-18)23-30(26,27)14-8-6-13(7-9-14)28-19(20,21)22/h6-9,15,23H,4-5,10-12H2,1-3H3/t15-/m0/s1. The summed E-state index contributed by atoms with van der Waals surface area (Å²) in [5.41, 5.74) is -1.46. The van der Waals surface area contributed by atoms with E-state index in [1.165, 1.54) is 0 Å². The minimum absolute atomic E-state index is 0.176. The van der Waals surface area contributed by atoms with Gasteiger partial charge in [0.2, 0.25) is 10.0 Å². The van der Waals surface area contributed by atoms with Crippen molar-refractivity contribution in [3.05, 3.63) is 24.3 Å². The zero-order valence-corrected chi connectivity index (χ0v) is 17.8. The van der Waals surface area contributed by atoms with E-state index in [4.69, 9.17) is 4.74 Å². The smallest absolute Gasteiger partial charge is 0.444 e. The lowest BCUT2D eigenvalue weighted by Gasteiger charge is -2.33. The Morgan fingerprint density at radius 2 is 1.77 bits per heavy atom. The molecule has 2 aliphatic rings. The molecule has 1 aromatic rings. The van der Waals surface area contributed by atoms with E-state index in [1.807, 2.05) is 0 Å². The quantitative estimate of drug-likeness (QED) is 0.738. The second-order valence-corrected chi connectivity index (χ2v) is 10.3. The molecule has 2 fully saturated rings. The normalized spacial score (nSPS) is 21.4. The molecular formula is C19H25F3N2O5S. The summed E-state index contributed by atoms with van der Waals surface area (Å²) in [5.74, 6) is -0.505. The van der Waals surface area contributed by atoms with E-state index in [0.29, 0.717) is 25.8 Å². The van der Waals surface area contributed by atoms with Crippen molar-refractivity contribution in [2.75, 3.05) is 6.54 Å². The van der Waals surface area contributed by atoms with Crippen LogP contribution in [-0.2, 0) is 14.8 Å². The summed E-state index contributed by atoms with van der Waals surface area (Å²) < 4.78 is 74.4. The van der Waals surface area contributed by atoms with Gasteiger partial charge in [-0.15, -0.1) is 13.2 Å². The monoisotopic (exact) mass is 450 g/mol. The van der Waals surface area contributed by atoms with Crippen molar-refractivity contribution in [3.63, 3.8) is 0 Å². The maximum Gasteiger partial charge on any atom is 0.573 e. The predicted octanol–water partition coefficient (Wildman–Crippen LogP) is 3.80. The highest BCUT2D eigenvalue weighted by atomic mass is 32.2. The van der Waals surface area contributed by atoms with Crippen molar-refractivity contribution in [2.24, 2.45) is 0 Å². The molecule has 11 heteroatoms. The SMILES string of the molecule is CC(C)(C)OC(=O)N1CCC[C@H]1C1(NS(=O)(=O)c2ccc(OC(F)(F)F)cc2)CC1. The van der Waals surface area contributed by atoms with Crippen LogP contribution in [0.5, 0.6) is 5.75 Å². The van der Waals surface area contributed by atoms with Gasteiger partial charge in [-0.25, -0.2) is 17.9 Å². The molecule has 1 atom stereocenters. The van der Waals surface area contributed by atoms with Gasteiger partial charge < -0.3 is 14.4 Å². The third-order valence-corrected chi connectivity index (χ3v) is 6.58. The summed E-state index contributed by atoms with van der Waals surface area (Å²) in [6, 6.07) is 3.67. The van der Waals surface area contributed by atoms with Crippen molar-refractivity contribution < 1.29 is 35.9 Å². The highest BCUT2D eigenvalue weighted by Gasteiger charge is 2.56. The highest BCUT2D eigenvalue weighted by Crippen LogP contribution is 2.46. The Morgan fingerprint density at radius 1 is 1.17 bits per heavy atom. The molecule has 0 aromatic heterocycles. The first-order valence-electron chi connectivity index (χ1n) is 9.60. The lowest BCUT2D eigenvalue weighted by atomic mass is 10.1. The number of nitrogens with zero attached hydrogens (tertiary/aromatic N) is 1. The van der Waals surface area contributed by atoms with E-state index < -0.39 is 39.4 Å². The van der Waals surface area contributed by atoms with Gasteiger partial charge in [0, 0.05) is 6.54 Å². The molecule has 0 radical (unpaired) electrons. The molecule has 0 spiro atoms. The van der Waals surface area contributed by atoms with Gasteiger partial charge in [-0.05, 0) is 70.7 Å². The maximum atomic E-state index is 12.8. The van der Waals surface area contributed by atoms with Gasteiger partial charge in [0.15, 0.2) is 0 Å². The summed E-state index contributed by atoms with van der Waals surface area (Å²) in [4.78, 5) is 13.9. The fraction of sp³-hybridized carbons (Fsp3) is 0.632. The number of carbonyl (C=O) groups excluding carboxylic acids is 1. The van der Waals surface area contributed by atoms with Crippen molar-refractivity contribution in [1.82, 2.24) is 9.62 Å². The van der Waals surface area contributed by atoms with E-state index in [-0.39, 0.29) is 10.9 Å². The summed E-state index contributed by atoms with van der Waals surface area (Å²) in [5, 5.41) is 0. The van der Waals surface area contributed by atoms with Gasteiger partial charge in [-0.2, -0.15) is 0 Å². The Morgan fingerprint density at radius 3 is 2.27 bits per heavy atom. The Hall–Kier alpha value is -2.01. The molecule has 1 saturated heterocycles. The van der Waals surface area contributed by atoms with Crippen LogP contribution in [0.3, 0.4) is 0 Å². The molecule has 1 aromatic carbocycles. The van der Waals surface area contributed by atoms with Crippen LogP contribution in [0.1, 0.15) is 46.5 Å². The highest BCUT2D eigenvalue weighted by molar-refractivity contribution is 7.89. The summed E-state index contributed by atoms with van der Waals surface area (Å²) in [6.07, 6.45) is -2.85. The average molecular weight is 450 g/mol. The molecule has 1 saturated carbocycles. The minimum Gasteiger partial charge on any atom is -0.444 e. The van der Waals surface area contributed by atoms with Crippen molar-refractivity contribution in [3.8, 4) is 5.75 Å². The van der Waals surface area contributed by atoms with Crippen molar-refractivity contribution >= 4 is 16.1 Å². The number of hydrogen-bond acceptors (Lipinski definition) is 5. The number of halogens is 3. The Bertz CT molecular complexity index is 890. The first-order chi connectivity index (χ1) is 13.7. The van der Waals surface area contributed by atoms with Crippen LogP contribution in [0, 0.1) is 0 Å². The van der Waals surface area contributed by atoms with E-state index in [2.05, 4.69) is 9.46 Å². The zero-order valence-electron chi connectivity index (χ0n) is 17.0. The average Bonchev–Trinajstić information content (AvgIpc) is 3.15. The largest absolute Gasteiger partial charge is 0.573 e. The van der Waals surface area contributed by atoms with Crippen molar-refractivity contribution in [2.45, 2.75) is 74.9 Å². The molecule has 1 N–H and O–H groups in total. The Labute approximate surface area is 173 Å². The molecule has 3 rings (SSSR count). The van der Waals surface area contributed by atoms with Crippen LogP contribution in [0.2, 0.25) is 0 Å². The fourth-order valence-electron chi connectivity index (χ4n) is 3.67. The predicted molar refractivity (Wildman–Crippen MR) is 101 cm³/mol. The van der Waals surface area contributed by atoms with Crippen LogP contribution >= 0.6 is 0 Å². The van der Waals surface area contributed by atoms with E-state index in [0.717, 1.165) is 30.7 Å². The van der Waals surface area contributed by atoms with Gasteiger partial charge in [0.05, 0.1) is 16.5 Å². The van der Waals surface area contributed by atoms with Gasteiger partial charge >= 0.3 is 12.5 Å². The second kappa shape index (κ2) is 7.60. The van der Waals surface area contributed by atoms with E-state index in [1.54, 1.807) is 25.7 Å². The Balaban J connectivity index is 1.73. The lowest BCUT2D eigenvalue weighted by Crippen LogP contribution is -2.53. The second-order valence-electron chi connectivity index (χ2n) is 8.61. The van der Waals surface area contributed by atoms with Crippen LogP contribution < -0.4 is 9.46 Å². The van der Waals surface area contributed by atoms with Crippen LogP contribution in [0.15, 0.2) is 29.2 Å². The summed E-state index contributed by atoms with van der Waals surface area (Å²) in [7, 11) is -4.00. The third kappa shape index (κ3) is 5.37. The number of ether oxygens (including phenoxy) is 2. The number of hydrogen-bond donors (Lipinski definition) is 1. The molecule has 7 nitrogen and oxygen atoms in total. The first-order valence-corrected chi connectivity index (χ1v) is 11.1. The van der Waals surface area contributed by atoms with Crippen LogP contribution in [0.4, 0.5) is 18.0 Å². The van der Waals surface area contributed by atoms with Crippen LogP contribution in [-0.4, -0.2) is 49.5 Å². The van der Waals surface area contributed by atoms with Crippen LogP contribution in [0.25, 0.3) is 0 Å². The molecule has 1 heterocycles. The molecule has 1 amide bonds. The van der Waals surface area contributed by atoms with E-state index >= 15 is 0 Å². The maximum absolute atomic E-state index is 12.8. The minimum atomic E-state index is -4.86.